The van der Waals surface area contributed by atoms with Crippen molar-refractivity contribution in [3.8, 4) is 11.1 Å². The maximum absolute atomic E-state index is 13.7. The van der Waals surface area contributed by atoms with E-state index >= 15 is 0 Å². The molecule has 1 saturated carbocycles. The molecule has 0 radical (unpaired) electrons. The van der Waals surface area contributed by atoms with Crippen LogP contribution in [0.1, 0.15) is 102 Å². The molecule has 10 rings (SSSR count). The summed E-state index contributed by atoms with van der Waals surface area (Å²) in [6, 6.07) is 12.6. The van der Waals surface area contributed by atoms with E-state index in [1.165, 1.54) is 25.7 Å². The summed E-state index contributed by atoms with van der Waals surface area (Å²) in [5, 5.41) is 2.27. The molecule has 1 unspecified atom stereocenters. The Bertz CT molecular complexity index is 2600. The molecule has 66 heavy (non-hydrogen) atoms. The first-order valence-corrected chi connectivity index (χ1v) is 23.6. The van der Waals surface area contributed by atoms with E-state index in [2.05, 4.69) is 24.8 Å². The molecule has 5 fully saturated rings. The van der Waals surface area contributed by atoms with Gasteiger partial charge in [0.25, 0.3) is 17.4 Å². The standard InChI is InChI=1S/C49H57F3N8O6/c1-30-24-34(29-55(2)45(30)63)33-6-7-37-40(25-33)59(22-23-66-49(50,51)52)43(53-37)32-12-18-57(19-13-32)35-26-48(27-35)14-20-56(21-15-48)28-31-10-16-58(17-11-31)38-5-3-4-36-42(38)47(65)60(46(36)64)39-8-9-41(61)54-44(39)62/h3-7,24-25,29,31-32,35,39H,8-23,26-28H2,1-2H3,(H,54,61,62). The minimum Gasteiger partial charge on any atom is -0.371 e. The van der Waals surface area contributed by atoms with Gasteiger partial charge in [0, 0.05) is 63.4 Å². The summed E-state index contributed by atoms with van der Waals surface area (Å²) in [6.45, 7) is 7.93. The molecule has 2 aromatic heterocycles. The first-order chi connectivity index (χ1) is 31.6. The molecule has 17 heteroatoms. The zero-order valence-electron chi connectivity index (χ0n) is 37.6. The minimum atomic E-state index is -4.72. The molecule has 0 bridgehead atoms. The van der Waals surface area contributed by atoms with Gasteiger partial charge in [-0.2, -0.15) is 0 Å². The molecular weight excluding hydrogens is 854 g/mol. The van der Waals surface area contributed by atoms with Crippen LogP contribution in [-0.2, 0) is 27.9 Å². The molecule has 350 valence electrons. The Hall–Kier alpha value is -5.39. The molecule has 2 aromatic carbocycles. The Morgan fingerprint density at radius 2 is 1.61 bits per heavy atom. The number of nitrogens with zero attached hydrogens (tertiary/aromatic N) is 7. The zero-order chi connectivity index (χ0) is 46.1. The summed E-state index contributed by atoms with van der Waals surface area (Å²) in [7, 11) is 1.71. The summed E-state index contributed by atoms with van der Waals surface area (Å²) in [5.41, 5.74) is 5.53. The first-order valence-electron chi connectivity index (χ1n) is 23.6. The summed E-state index contributed by atoms with van der Waals surface area (Å²) < 4.78 is 47.0. The number of amides is 4. The maximum atomic E-state index is 13.7. The molecule has 14 nitrogen and oxygen atoms in total. The Kier molecular flexibility index (Phi) is 11.7. The third kappa shape index (κ3) is 8.46. The third-order valence-corrected chi connectivity index (χ3v) is 15.6. The Balaban J connectivity index is 0.709. The average molecular weight is 911 g/mol. The van der Waals surface area contributed by atoms with Crippen molar-refractivity contribution in [2.75, 3.05) is 57.3 Å². The number of piperidine rings is 4. The molecular formula is C49H57F3N8O6. The number of fused-ring (bicyclic) bond motifs is 2. The van der Waals surface area contributed by atoms with Crippen molar-refractivity contribution >= 4 is 40.3 Å². The lowest BCUT2D eigenvalue weighted by Gasteiger charge is -2.56. The summed E-state index contributed by atoms with van der Waals surface area (Å²) >= 11 is 0. The van der Waals surface area contributed by atoms with Gasteiger partial charge in [0.2, 0.25) is 11.8 Å². The highest BCUT2D eigenvalue weighted by molar-refractivity contribution is 6.25. The molecule has 4 amide bonds. The summed E-state index contributed by atoms with van der Waals surface area (Å²) in [4.78, 5) is 77.3. The van der Waals surface area contributed by atoms with Gasteiger partial charge >= 0.3 is 6.36 Å². The number of likely N-dealkylation sites (tertiary alicyclic amines) is 2. The fourth-order valence-electron chi connectivity index (χ4n) is 12.0. The molecule has 7 heterocycles. The van der Waals surface area contributed by atoms with E-state index in [0.29, 0.717) is 34.1 Å². The predicted octanol–water partition coefficient (Wildman–Crippen LogP) is 5.99. The van der Waals surface area contributed by atoms with E-state index in [4.69, 9.17) is 4.98 Å². The van der Waals surface area contributed by atoms with Crippen LogP contribution in [0.25, 0.3) is 22.2 Å². The van der Waals surface area contributed by atoms with Gasteiger partial charge in [0.1, 0.15) is 11.9 Å². The van der Waals surface area contributed by atoms with Crippen LogP contribution in [0.3, 0.4) is 0 Å². The van der Waals surface area contributed by atoms with Crippen LogP contribution < -0.4 is 15.8 Å². The molecule has 1 atom stereocenters. The number of halogens is 3. The van der Waals surface area contributed by atoms with Gasteiger partial charge in [-0.15, -0.1) is 13.2 Å². The van der Waals surface area contributed by atoms with Crippen molar-refractivity contribution in [2.45, 2.75) is 102 Å². The van der Waals surface area contributed by atoms with Crippen LogP contribution >= 0.6 is 0 Å². The van der Waals surface area contributed by atoms with Gasteiger partial charge in [-0.1, -0.05) is 12.1 Å². The van der Waals surface area contributed by atoms with E-state index in [1.807, 2.05) is 34.9 Å². The largest absolute Gasteiger partial charge is 0.522 e. The number of ether oxygens (including phenoxy) is 1. The summed E-state index contributed by atoms with van der Waals surface area (Å²) in [5.74, 6) is -0.489. The number of aryl methyl sites for hydroxylation is 2. The quantitative estimate of drug-likeness (QED) is 0.189. The van der Waals surface area contributed by atoms with E-state index in [-0.39, 0.29) is 30.9 Å². The van der Waals surface area contributed by atoms with Crippen molar-refractivity contribution in [3.63, 3.8) is 0 Å². The van der Waals surface area contributed by atoms with Crippen LogP contribution in [-0.4, -0.2) is 123 Å². The summed E-state index contributed by atoms with van der Waals surface area (Å²) in [6.07, 6.45) is 5.80. The minimum absolute atomic E-state index is 0.0257. The van der Waals surface area contributed by atoms with Crippen molar-refractivity contribution < 1.29 is 37.1 Å². The Labute approximate surface area is 381 Å². The van der Waals surface area contributed by atoms with Crippen LogP contribution in [0.2, 0.25) is 0 Å². The highest BCUT2D eigenvalue weighted by Crippen LogP contribution is 2.52. The number of hydrogen-bond donors (Lipinski definition) is 1. The van der Waals surface area contributed by atoms with Crippen molar-refractivity contribution in [1.29, 1.82) is 0 Å². The van der Waals surface area contributed by atoms with Crippen LogP contribution in [0.15, 0.2) is 53.5 Å². The second-order valence-corrected chi connectivity index (χ2v) is 19.7. The van der Waals surface area contributed by atoms with Crippen molar-refractivity contribution in [3.05, 3.63) is 81.5 Å². The normalized spacial score (nSPS) is 22.7. The Morgan fingerprint density at radius 3 is 2.30 bits per heavy atom. The second-order valence-electron chi connectivity index (χ2n) is 19.7. The van der Waals surface area contributed by atoms with Crippen LogP contribution in [0.5, 0.6) is 0 Å². The number of imide groups is 2. The number of aromatic nitrogens is 3. The fourth-order valence-corrected chi connectivity index (χ4v) is 12.0. The smallest absolute Gasteiger partial charge is 0.371 e. The van der Waals surface area contributed by atoms with E-state index in [0.717, 1.165) is 110 Å². The van der Waals surface area contributed by atoms with E-state index in [1.54, 1.807) is 36.9 Å². The number of carbonyl (C=O) groups excluding carboxylic acids is 4. The predicted molar refractivity (Wildman–Crippen MR) is 240 cm³/mol. The van der Waals surface area contributed by atoms with Crippen LogP contribution in [0, 0.1) is 18.3 Å². The number of rotatable bonds is 10. The van der Waals surface area contributed by atoms with Gasteiger partial charge < -0.3 is 23.8 Å². The third-order valence-electron chi connectivity index (χ3n) is 15.6. The maximum Gasteiger partial charge on any atom is 0.522 e. The second kappa shape index (κ2) is 17.4. The molecule has 6 aliphatic rings. The lowest BCUT2D eigenvalue weighted by molar-refractivity contribution is -0.325. The number of nitrogens with one attached hydrogen (secondary N) is 1. The molecule has 1 spiro atoms. The Morgan fingerprint density at radius 1 is 0.864 bits per heavy atom. The number of imidazole rings is 1. The number of alkyl halides is 3. The molecule has 1 N–H and O–H groups in total. The van der Waals surface area contributed by atoms with Crippen molar-refractivity contribution in [1.82, 2.24) is 34.1 Å². The lowest BCUT2D eigenvalue weighted by Crippen LogP contribution is -2.56. The van der Waals surface area contributed by atoms with E-state index in [9.17, 15) is 37.1 Å². The molecule has 1 aliphatic carbocycles. The molecule has 5 aliphatic heterocycles. The highest BCUT2D eigenvalue weighted by Gasteiger charge is 2.49. The van der Waals surface area contributed by atoms with Gasteiger partial charge in [0.15, 0.2) is 0 Å². The monoisotopic (exact) mass is 910 g/mol. The molecule has 4 aromatic rings. The van der Waals surface area contributed by atoms with Gasteiger partial charge in [-0.05, 0) is 144 Å². The fraction of sp³-hybridized carbons (Fsp3) is 0.551. The van der Waals surface area contributed by atoms with Gasteiger partial charge in [0.05, 0.1) is 34.5 Å². The molecule has 4 saturated heterocycles. The number of carbonyl (C=O) groups is 4. The van der Waals surface area contributed by atoms with Crippen molar-refractivity contribution in [2.24, 2.45) is 18.4 Å². The highest BCUT2D eigenvalue weighted by atomic mass is 19.4. The topological polar surface area (TPSA) is 142 Å². The lowest BCUT2D eigenvalue weighted by atomic mass is 9.59. The number of hydrogen-bond acceptors (Lipinski definition) is 10. The number of pyridine rings is 1. The SMILES string of the molecule is Cc1cc(-c2ccc3nc(C4CCN(C5CC6(CCN(CC7CCN(c8cccc9c8C(=O)N(C8CCC(=O)NC8=O)C9=O)CC7)CC6)C5)CC4)n(CCOC(F)(F)F)c3c2)cn(C)c1=O. The average Bonchev–Trinajstić information content (AvgIpc) is 3.77. The van der Waals surface area contributed by atoms with Gasteiger partial charge in [-0.3, -0.25) is 38.9 Å². The van der Waals surface area contributed by atoms with Crippen LogP contribution in [0.4, 0.5) is 18.9 Å². The van der Waals surface area contributed by atoms with E-state index < -0.39 is 42.6 Å². The number of anilines is 1. The van der Waals surface area contributed by atoms with Gasteiger partial charge in [-0.25, -0.2) is 4.98 Å². The first kappa shape index (κ1) is 44.4. The number of benzene rings is 2. The zero-order valence-corrected chi connectivity index (χ0v) is 37.6.